The van der Waals surface area contributed by atoms with E-state index in [0.717, 1.165) is 29.7 Å². The van der Waals surface area contributed by atoms with Gasteiger partial charge >= 0.3 is 0 Å². The molecule has 0 fully saturated rings. The minimum atomic E-state index is 0.307. The van der Waals surface area contributed by atoms with E-state index in [-0.39, 0.29) is 0 Å². The van der Waals surface area contributed by atoms with Crippen LogP contribution in [-0.4, -0.2) is 9.38 Å². The third-order valence-electron chi connectivity index (χ3n) is 11.4. The normalized spacial score (nSPS) is 15.8. The maximum absolute atomic E-state index is 5.13. The molecule has 1 unspecified atom stereocenters. The van der Waals surface area contributed by atoms with Gasteiger partial charge in [-0.05, 0) is 131 Å². The standard InChI is InChI=1S/C50H34N2/c1-2-12-32-21-23-34-29-45(41-16-6-8-18-43(41)49(34)39(32)14-3-1)36-26-37(28-38(27-36)47-31-52-25-11-10-20-48(52)51-47)46-30-35-24-22-33-13-4-5-15-40(33)50(35)44-19-9-7-17-42(44)46/h1-13,15-29,31,35H,14,30H2. The highest BCUT2D eigenvalue weighted by Gasteiger charge is 2.27. The maximum atomic E-state index is 5.13. The molecular formula is C50H34N2. The quantitative estimate of drug-likeness (QED) is 0.172. The van der Waals surface area contributed by atoms with Crippen molar-refractivity contribution in [2.45, 2.75) is 12.8 Å². The molecule has 0 amide bonds. The molecule has 0 spiro atoms. The van der Waals surface area contributed by atoms with Crippen LogP contribution in [-0.2, 0) is 6.42 Å². The summed E-state index contributed by atoms with van der Waals surface area (Å²) >= 11 is 0. The number of fused-ring (bicyclic) bond motifs is 10. The van der Waals surface area contributed by atoms with Gasteiger partial charge in [0.2, 0.25) is 0 Å². The molecule has 52 heavy (non-hydrogen) atoms. The van der Waals surface area contributed by atoms with Crippen LogP contribution in [0.1, 0.15) is 34.2 Å². The second-order valence-corrected chi connectivity index (χ2v) is 14.3. The predicted molar refractivity (Wildman–Crippen MR) is 217 cm³/mol. The second kappa shape index (κ2) is 11.5. The smallest absolute Gasteiger partial charge is 0.137 e. The van der Waals surface area contributed by atoms with E-state index in [2.05, 4.69) is 181 Å². The molecule has 0 bridgehead atoms. The fraction of sp³-hybridized carbons (Fsp3) is 0.0600. The van der Waals surface area contributed by atoms with Gasteiger partial charge in [0, 0.05) is 23.9 Å². The SMILES string of the molecule is C1=CCc2c(ccc3cc(-c4cc(C5=c6ccccc6=C6c7ccccc7C=CC6C5)cc(-c5cn6ccccc6n5)c4)c4ccccc4c23)C=C1. The fourth-order valence-corrected chi connectivity index (χ4v) is 9.01. The Morgan fingerprint density at radius 2 is 1.42 bits per heavy atom. The van der Waals surface area contributed by atoms with Crippen LogP contribution in [0.15, 0.2) is 164 Å². The van der Waals surface area contributed by atoms with E-state index in [1.807, 2.05) is 0 Å². The number of allylic oxidation sites excluding steroid dienone is 4. The van der Waals surface area contributed by atoms with Gasteiger partial charge in [0.15, 0.2) is 0 Å². The van der Waals surface area contributed by atoms with E-state index in [1.54, 1.807) is 0 Å². The molecule has 2 heteroatoms. The zero-order valence-electron chi connectivity index (χ0n) is 28.6. The summed E-state index contributed by atoms with van der Waals surface area (Å²) in [5, 5.41) is 7.87. The molecule has 8 aromatic rings. The summed E-state index contributed by atoms with van der Waals surface area (Å²) in [6.07, 6.45) is 19.7. The van der Waals surface area contributed by atoms with Crippen LogP contribution < -0.4 is 10.4 Å². The molecule has 1 atom stereocenters. The zero-order chi connectivity index (χ0) is 34.2. The number of imidazole rings is 1. The second-order valence-electron chi connectivity index (χ2n) is 14.3. The summed E-state index contributed by atoms with van der Waals surface area (Å²) in [6, 6.07) is 47.3. The molecule has 3 aliphatic rings. The van der Waals surface area contributed by atoms with Gasteiger partial charge in [0.25, 0.3) is 0 Å². The number of pyridine rings is 1. The number of hydrogen-bond donors (Lipinski definition) is 0. The number of aromatic nitrogens is 2. The first-order valence-corrected chi connectivity index (χ1v) is 18.3. The molecule has 0 saturated carbocycles. The van der Waals surface area contributed by atoms with Gasteiger partial charge in [-0.15, -0.1) is 0 Å². The zero-order valence-corrected chi connectivity index (χ0v) is 28.6. The molecule has 0 N–H and O–H groups in total. The van der Waals surface area contributed by atoms with Crippen LogP contribution in [0.3, 0.4) is 0 Å². The van der Waals surface area contributed by atoms with Crippen molar-refractivity contribution in [2.24, 2.45) is 5.92 Å². The predicted octanol–water partition coefficient (Wildman–Crippen LogP) is 10.5. The van der Waals surface area contributed by atoms with Crippen LogP contribution in [0.4, 0.5) is 0 Å². The Labute approximate surface area is 302 Å². The third-order valence-corrected chi connectivity index (χ3v) is 11.4. The molecule has 2 aromatic heterocycles. The number of benzene rings is 6. The van der Waals surface area contributed by atoms with Gasteiger partial charge in [0.1, 0.15) is 5.65 Å². The number of rotatable bonds is 3. The highest BCUT2D eigenvalue weighted by atomic mass is 15.0. The third kappa shape index (κ3) is 4.54. The minimum absolute atomic E-state index is 0.307. The summed E-state index contributed by atoms with van der Waals surface area (Å²) < 4.78 is 2.12. The number of hydrogen-bond acceptors (Lipinski definition) is 1. The van der Waals surface area contributed by atoms with E-state index >= 15 is 0 Å². The van der Waals surface area contributed by atoms with Gasteiger partial charge in [-0.1, -0.05) is 127 Å². The van der Waals surface area contributed by atoms with E-state index in [1.165, 1.54) is 82.1 Å². The summed E-state index contributed by atoms with van der Waals surface area (Å²) in [5.41, 5.74) is 14.9. The van der Waals surface area contributed by atoms with Crippen LogP contribution in [0.2, 0.25) is 0 Å². The lowest BCUT2D eigenvalue weighted by molar-refractivity contribution is 0.842. The Hall–Kier alpha value is -6.51. The summed E-state index contributed by atoms with van der Waals surface area (Å²) in [5.74, 6) is 0.307. The van der Waals surface area contributed by atoms with Crippen LogP contribution >= 0.6 is 0 Å². The average molecular weight is 663 g/mol. The molecule has 3 aliphatic carbocycles. The summed E-state index contributed by atoms with van der Waals surface area (Å²) in [4.78, 5) is 5.13. The van der Waals surface area contributed by atoms with Gasteiger partial charge in [-0.3, -0.25) is 0 Å². The number of nitrogens with zero attached hydrogens (tertiary/aromatic N) is 2. The van der Waals surface area contributed by atoms with Crippen molar-refractivity contribution in [1.29, 1.82) is 0 Å². The Morgan fingerprint density at radius 3 is 2.37 bits per heavy atom. The van der Waals surface area contributed by atoms with Crippen molar-refractivity contribution in [3.63, 3.8) is 0 Å². The molecule has 0 radical (unpaired) electrons. The Bertz CT molecular complexity index is 2990. The first-order valence-electron chi connectivity index (χ1n) is 18.3. The maximum Gasteiger partial charge on any atom is 0.137 e. The Morgan fingerprint density at radius 1 is 0.615 bits per heavy atom. The first-order chi connectivity index (χ1) is 25.8. The lowest BCUT2D eigenvalue weighted by atomic mass is 9.75. The van der Waals surface area contributed by atoms with Crippen LogP contribution in [0, 0.1) is 5.92 Å². The van der Waals surface area contributed by atoms with Crippen molar-refractivity contribution < 1.29 is 0 Å². The van der Waals surface area contributed by atoms with Gasteiger partial charge < -0.3 is 4.40 Å². The Kier molecular flexibility index (Phi) is 6.47. The fourth-order valence-electron chi connectivity index (χ4n) is 9.01. The van der Waals surface area contributed by atoms with Crippen LogP contribution in [0.5, 0.6) is 0 Å². The van der Waals surface area contributed by atoms with Crippen molar-refractivity contribution in [3.8, 4) is 22.4 Å². The largest absolute Gasteiger partial charge is 0.306 e. The molecule has 0 saturated heterocycles. The lowest BCUT2D eigenvalue weighted by Crippen LogP contribution is -2.36. The van der Waals surface area contributed by atoms with E-state index in [0.29, 0.717) is 5.92 Å². The molecule has 0 aliphatic heterocycles. The van der Waals surface area contributed by atoms with Crippen molar-refractivity contribution >= 4 is 50.5 Å². The van der Waals surface area contributed by atoms with Gasteiger partial charge in [0.05, 0.1) is 5.69 Å². The average Bonchev–Trinajstić information content (AvgIpc) is 3.50. The molecule has 2 heterocycles. The minimum Gasteiger partial charge on any atom is -0.306 e. The molecule has 11 rings (SSSR count). The lowest BCUT2D eigenvalue weighted by Gasteiger charge is -2.29. The topological polar surface area (TPSA) is 17.3 Å². The molecular weight excluding hydrogens is 629 g/mol. The first kappa shape index (κ1) is 29.2. The monoisotopic (exact) mass is 662 g/mol. The van der Waals surface area contributed by atoms with Crippen molar-refractivity contribution in [2.75, 3.05) is 0 Å². The molecule has 244 valence electrons. The summed E-state index contributed by atoms with van der Waals surface area (Å²) in [6.45, 7) is 0. The van der Waals surface area contributed by atoms with Crippen LogP contribution in [0.25, 0.3) is 72.9 Å². The molecule has 2 nitrogen and oxygen atoms in total. The Balaban J connectivity index is 1.21. The van der Waals surface area contributed by atoms with Gasteiger partial charge in [-0.25, -0.2) is 4.98 Å². The highest BCUT2D eigenvalue weighted by molar-refractivity contribution is 6.16. The highest BCUT2D eigenvalue weighted by Crippen LogP contribution is 2.42. The summed E-state index contributed by atoms with van der Waals surface area (Å²) in [7, 11) is 0. The van der Waals surface area contributed by atoms with E-state index in [9.17, 15) is 0 Å². The van der Waals surface area contributed by atoms with Gasteiger partial charge in [-0.2, -0.15) is 0 Å². The van der Waals surface area contributed by atoms with E-state index in [4.69, 9.17) is 4.98 Å². The van der Waals surface area contributed by atoms with Crippen molar-refractivity contribution in [3.05, 3.63) is 202 Å². The van der Waals surface area contributed by atoms with Crippen molar-refractivity contribution in [1.82, 2.24) is 9.38 Å². The van der Waals surface area contributed by atoms with E-state index < -0.39 is 0 Å². The molecule has 6 aromatic carbocycles.